The molecule has 0 heterocycles. The second-order valence-electron chi connectivity index (χ2n) is 3.29. The maximum Gasteiger partial charge on any atom is 0.145 e. The van der Waals surface area contributed by atoms with Gasteiger partial charge >= 0.3 is 0 Å². The molecule has 0 atom stereocenters. The number of aliphatic hydroxyl groups is 1. The van der Waals surface area contributed by atoms with E-state index in [1.54, 1.807) is 0 Å². The minimum atomic E-state index is -1.02. The first-order valence-electron chi connectivity index (χ1n) is 3.90. The van der Waals surface area contributed by atoms with Crippen LogP contribution in [0.5, 0.6) is 0 Å². The Kier molecular flexibility index (Phi) is 1.82. The lowest BCUT2D eigenvalue weighted by molar-refractivity contribution is 0.150. The number of rotatable bonds is 1. The molecule has 0 amide bonds. The first-order valence-corrected chi connectivity index (χ1v) is 4.28. The zero-order valence-corrected chi connectivity index (χ0v) is 7.41. The topological polar surface area (TPSA) is 20.2 Å². The summed E-state index contributed by atoms with van der Waals surface area (Å²) in [7, 11) is 0. The van der Waals surface area contributed by atoms with E-state index in [9.17, 15) is 13.9 Å². The van der Waals surface area contributed by atoms with Crippen molar-refractivity contribution in [3.63, 3.8) is 0 Å². The SMILES string of the molecule is OC1(c2cc(F)c(Cl)c(F)c2)CC1. The minimum absolute atomic E-state index is 0.270. The Morgan fingerprint density at radius 3 is 2.08 bits per heavy atom. The van der Waals surface area contributed by atoms with Crippen LogP contribution in [0.1, 0.15) is 18.4 Å². The van der Waals surface area contributed by atoms with E-state index in [0.29, 0.717) is 12.8 Å². The van der Waals surface area contributed by atoms with Crippen LogP contribution in [-0.2, 0) is 5.60 Å². The molecule has 1 aromatic carbocycles. The van der Waals surface area contributed by atoms with Crippen molar-refractivity contribution in [3.8, 4) is 0 Å². The molecule has 13 heavy (non-hydrogen) atoms. The average Bonchev–Trinajstić information content (AvgIpc) is 2.80. The van der Waals surface area contributed by atoms with Crippen molar-refractivity contribution in [2.75, 3.05) is 0 Å². The Morgan fingerprint density at radius 2 is 1.69 bits per heavy atom. The minimum Gasteiger partial charge on any atom is -0.385 e. The van der Waals surface area contributed by atoms with Gasteiger partial charge in [-0.3, -0.25) is 0 Å². The Bertz CT molecular complexity index is 338. The quantitative estimate of drug-likeness (QED) is 0.698. The maximum absolute atomic E-state index is 12.9. The third-order valence-corrected chi connectivity index (χ3v) is 2.61. The van der Waals surface area contributed by atoms with Crippen molar-refractivity contribution in [1.82, 2.24) is 0 Å². The Labute approximate surface area is 78.9 Å². The van der Waals surface area contributed by atoms with Crippen LogP contribution in [-0.4, -0.2) is 5.11 Å². The molecule has 1 fully saturated rings. The van der Waals surface area contributed by atoms with Crippen molar-refractivity contribution in [1.29, 1.82) is 0 Å². The average molecular weight is 205 g/mol. The van der Waals surface area contributed by atoms with Crippen LogP contribution >= 0.6 is 11.6 Å². The zero-order valence-electron chi connectivity index (χ0n) is 6.65. The Morgan fingerprint density at radius 1 is 1.23 bits per heavy atom. The summed E-state index contributed by atoms with van der Waals surface area (Å²) in [5.41, 5.74) is -0.751. The van der Waals surface area contributed by atoms with Crippen LogP contribution in [0.4, 0.5) is 8.78 Å². The molecule has 0 aliphatic heterocycles. The van der Waals surface area contributed by atoms with E-state index < -0.39 is 22.3 Å². The summed E-state index contributed by atoms with van der Waals surface area (Å²) < 4.78 is 25.8. The highest BCUT2D eigenvalue weighted by atomic mass is 35.5. The van der Waals surface area contributed by atoms with Crippen molar-refractivity contribution >= 4 is 11.6 Å². The number of hydrogen-bond acceptors (Lipinski definition) is 1. The van der Waals surface area contributed by atoms with Crippen molar-refractivity contribution in [3.05, 3.63) is 34.4 Å². The van der Waals surface area contributed by atoms with E-state index in [4.69, 9.17) is 11.6 Å². The highest BCUT2D eigenvalue weighted by Crippen LogP contribution is 2.46. The molecule has 2 rings (SSSR count). The molecule has 1 nitrogen and oxygen atoms in total. The molecule has 0 bridgehead atoms. The van der Waals surface area contributed by atoms with E-state index in [0.717, 1.165) is 12.1 Å². The zero-order chi connectivity index (χ0) is 9.64. The molecule has 0 unspecified atom stereocenters. The van der Waals surface area contributed by atoms with E-state index in [2.05, 4.69) is 0 Å². The van der Waals surface area contributed by atoms with E-state index in [-0.39, 0.29) is 5.56 Å². The monoisotopic (exact) mass is 204 g/mol. The van der Waals surface area contributed by atoms with E-state index >= 15 is 0 Å². The molecule has 4 heteroatoms. The largest absolute Gasteiger partial charge is 0.385 e. The van der Waals surface area contributed by atoms with Gasteiger partial charge in [0.1, 0.15) is 16.7 Å². The van der Waals surface area contributed by atoms with E-state index in [1.165, 1.54) is 0 Å². The number of benzene rings is 1. The summed E-state index contributed by atoms with van der Waals surface area (Å²) in [6.07, 6.45) is 1.10. The molecule has 1 aliphatic rings. The second kappa shape index (κ2) is 2.66. The third kappa shape index (κ3) is 1.42. The standard InChI is InChI=1S/C9H7ClF2O/c10-8-6(11)3-5(4-7(8)12)9(13)1-2-9/h3-4,13H,1-2H2. The molecule has 1 aromatic rings. The van der Waals surface area contributed by atoms with Crippen LogP contribution in [0.3, 0.4) is 0 Å². The summed E-state index contributed by atoms with van der Waals surface area (Å²) in [6.45, 7) is 0. The Balaban J connectivity index is 2.50. The molecule has 70 valence electrons. The fraction of sp³-hybridized carbons (Fsp3) is 0.333. The lowest BCUT2D eigenvalue weighted by Gasteiger charge is -2.08. The summed E-state index contributed by atoms with van der Waals surface area (Å²) in [6, 6.07) is 2.16. The Hall–Kier alpha value is -0.670. The van der Waals surface area contributed by atoms with Gasteiger partial charge in [-0.2, -0.15) is 0 Å². The van der Waals surface area contributed by atoms with Gasteiger partial charge in [0.05, 0.1) is 5.60 Å². The maximum atomic E-state index is 12.9. The van der Waals surface area contributed by atoms with Gasteiger partial charge in [-0.15, -0.1) is 0 Å². The first-order chi connectivity index (χ1) is 6.03. The lowest BCUT2D eigenvalue weighted by atomic mass is 10.1. The first kappa shape index (κ1) is 8.91. The summed E-state index contributed by atoms with van der Waals surface area (Å²) in [5, 5.41) is 9.04. The molecule has 0 radical (unpaired) electrons. The second-order valence-corrected chi connectivity index (χ2v) is 3.66. The molecule has 1 aliphatic carbocycles. The molecule has 0 saturated heterocycles. The highest BCUT2D eigenvalue weighted by Gasteiger charge is 2.42. The van der Waals surface area contributed by atoms with Gasteiger partial charge in [0, 0.05) is 0 Å². The van der Waals surface area contributed by atoms with Crippen molar-refractivity contribution in [2.45, 2.75) is 18.4 Å². The van der Waals surface area contributed by atoms with Gasteiger partial charge in [-0.25, -0.2) is 8.78 Å². The van der Waals surface area contributed by atoms with Gasteiger partial charge in [-0.1, -0.05) is 11.6 Å². The summed E-state index contributed by atoms with van der Waals surface area (Å²) in [4.78, 5) is 0. The fourth-order valence-electron chi connectivity index (χ4n) is 1.23. The predicted molar refractivity (Wildman–Crippen MR) is 44.5 cm³/mol. The summed E-state index contributed by atoms with van der Waals surface area (Å²) >= 11 is 5.29. The number of halogens is 3. The fourth-order valence-corrected chi connectivity index (χ4v) is 1.34. The van der Waals surface area contributed by atoms with E-state index in [1.807, 2.05) is 0 Å². The lowest BCUT2D eigenvalue weighted by Crippen LogP contribution is -2.05. The van der Waals surface area contributed by atoms with Gasteiger partial charge in [0.15, 0.2) is 0 Å². The van der Waals surface area contributed by atoms with Crippen LogP contribution in [0, 0.1) is 11.6 Å². The normalized spacial score (nSPS) is 18.8. The predicted octanol–water partition coefficient (Wildman–Crippen LogP) is 2.60. The summed E-state index contributed by atoms with van der Waals surface area (Å²) in [5.74, 6) is -1.64. The van der Waals surface area contributed by atoms with Crippen LogP contribution in [0.25, 0.3) is 0 Å². The third-order valence-electron chi connectivity index (χ3n) is 2.24. The number of hydrogen-bond donors (Lipinski definition) is 1. The van der Waals surface area contributed by atoms with Crippen LogP contribution < -0.4 is 0 Å². The molecule has 1 N–H and O–H groups in total. The molecule has 1 saturated carbocycles. The van der Waals surface area contributed by atoms with Crippen LogP contribution in [0.2, 0.25) is 5.02 Å². The molecular weight excluding hydrogens is 198 g/mol. The van der Waals surface area contributed by atoms with Gasteiger partial charge in [0.2, 0.25) is 0 Å². The van der Waals surface area contributed by atoms with Crippen molar-refractivity contribution < 1.29 is 13.9 Å². The van der Waals surface area contributed by atoms with Gasteiger partial charge in [0.25, 0.3) is 0 Å². The molecule has 0 spiro atoms. The van der Waals surface area contributed by atoms with Crippen LogP contribution in [0.15, 0.2) is 12.1 Å². The molecular formula is C9H7ClF2O. The van der Waals surface area contributed by atoms with Gasteiger partial charge in [-0.05, 0) is 30.5 Å². The smallest absolute Gasteiger partial charge is 0.145 e. The van der Waals surface area contributed by atoms with Crippen molar-refractivity contribution in [2.24, 2.45) is 0 Å². The van der Waals surface area contributed by atoms with Gasteiger partial charge < -0.3 is 5.11 Å². The highest BCUT2D eigenvalue weighted by molar-refractivity contribution is 6.30. The molecule has 0 aromatic heterocycles.